The van der Waals surface area contributed by atoms with Crippen molar-refractivity contribution in [2.75, 3.05) is 6.54 Å². The van der Waals surface area contributed by atoms with Crippen molar-refractivity contribution in [3.05, 3.63) is 64.8 Å². The predicted octanol–water partition coefficient (Wildman–Crippen LogP) is 2.59. The third kappa shape index (κ3) is 3.32. The van der Waals surface area contributed by atoms with Gasteiger partial charge < -0.3 is 4.90 Å². The zero-order chi connectivity index (χ0) is 17.1. The fourth-order valence-corrected chi connectivity index (χ4v) is 3.46. The van der Waals surface area contributed by atoms with Crippen LogP contribution >= 0.6 is 11.3 Å². The molecular formula is C18H15N5OS. The van der Waals surface area contributed by atoms with Crippen LogP contribution < -0.4 is 0 Å². The SMILES string of the molecule is O=C(/C=C/c1cccs1)N1CCc2ncnc(-c3cncnc3)c2C1. The van der Waals surface area contributed by atoms with Gasteiger partial charge in [-0.25, -0.2) is 19.9 Å². The van der Waals surface area contributed by atoms with Crippen molar-refractivity contribution in [3.63, 3.8) is 0 Å². The number of carbonyl (C=O) groups excluding carboxylic acids is 1. The summed E-state index contributed by atoms with van der Waals surface area (Å²) in [4.78, 5) is 32.3. The molecule has 0 bridgehead atoms. The molecule has 0 fully saturated rings. The Kier molecular flexibility index (Phi) is 4.30. The molecule has 0 spiro atoms. The first-order valence-electron chi connectivity index (χ1n) is 7.90. The number of nitrogens with zero attached hydrogens (tertiary/aromatic N) is 5. The lowest BCUT2D eigenvalue weighted by Crippen LogP contribution is -2.35. The van der Waals surface area contributed by atoms with Gasteiger partial charge in [0.05, 0.1) is 11.4 Å². The van der Waals surface area contributed by atoms with Crippen molar-refractivity contribution in [3.8, 4) is 11.3 Å². The highest BCUT2D eigenvalue weighted by atomic mass is 32.1. The molecular weight excluding hydrogens is 334 g/mol. The average molecular weight is 349 g/mol. The van der Waals surface area contributed by atoms with Crippen molar-refractivity contribution in [1.29, 1.82) is 0 Å². The molecule has 0 unspecified atom stereocenters. The molecule has 1 aliphatic rings. The smallest absolute Gasteiger partial charge is 0.246 e. The standard InChI is InChI=1S/C18H15N5OS/c24-17(4-3-14-2-1-7-25-14)23-6-5-16-15(10-23)18(22-12-21-16)13-8-19-11-20-9-13/h1-4,7-9,11-12H,5-6,10H2/b4-3+. The molecule has 1 aliphatic heterocycles. The third-order valence-corrected chi connectivity index (χ3v) is 4.92. The molecule has 0 aliphatic carbocycles. The molecule has 124 valence electrons. The number of amides is 1. The van der Waals surface area contributed by atoms with Crippen LogP contribution in [0.3, 0.4) is 0 Å². The highest BCUT2D eigenvalue weighted by Crippen LogP contribution is 2.26. The molecule has 3 aromatic heterocycles. The molecule has 6 nitrogen and oxygen atoms in total. The number of hydrogen-bond acceptors (Lipinski definition) is 6. The van der Waals surface area contributed by atoms with Gasteiger partial charge in [-0.05, 0) is 17.5 Å². The van der Waals surface area contributed by atoms with Crippen LogP contribution in [0.5, 0.6) is 0 Å². The minimum absolute atomic E-state index is 0.00170. The van der Waals surface area contributed by atoms with E-state index in [1.165, 1.54) is 6.33 Å². The maximum Gasteiger partial charge on any atom is 0.246 e. The number of aromatic nitrogens is 4. The molecule has 25 heavy (non-hydrogen) atoms. The Morgan fingerprint density at radius 2 is 2.08 bits per heavy atom. The van der Waals surface area contributed by atoms with Crippen LogP contribution in [0.2, 0.25) is 0 Å². The fourth-order valence-electron chi connectivity index (χ4n) is 2.84. The highest BCUT2D eigenvalue weighted by Gasteiger charge is 2.23. The minimum atomic E-state index is -0.00170. The van der Waals surface area contributed by atoms with Gasteiger partial charge in [-0.15, -0.1) is 11.3 Å². The van der Waals surface area contributed by atoms with E-state index in [-0.39, 0.29) is 5.91 Å². The molecule has 4 rings (SSSR count). The quantitative estimate of drug-likeness (QED) is 0.680. The normalized spacial score (nSPS) is 13.8. The number of hydrogen-bond donors (Lipinski definition) is 0. The molecule has 0 saturated heterocycles. The molecule has 3 aromatic rings. The highest BCUT2D eigenvalue weighted by molar-refractivity contribution is 7.10. The molecule has 0 saturated carbocycles. The third-order valence-electron chi connectivity index (χ3n) is 4.08. The van der Waals surface area contributed by atoms with Gasteiger partial charge >= 0.3 is 0 Å². The van der Waals surface area contributed by atoms with E-state index in [0.717, 1.165) is 33.8 Å². The second-order valence-electron chi connectivity index (χ2n) is 5.63. The fraction of sp³-hybridized carbons (Fsp3) is 0.167. The summed E-state index contributed by atoms with van der Waals surface area (Å²) in [5.74, 6) is -0.00170. The number of carbonyl (C=O) groups is 1. The average Bonchev–Trinajstić information content (AvgIpc) is 3.19. The number of rotatable bonds is 3. The van der Waals surface area contributed by atoms with Crippen LogP contribution in [-0.2, 0) is 17.8 Å². The summed E-state index contributed by atoms with van der Waals surface area (Å²) in [6.07, 6.45) is 10.7. The van der Waals surface area contributed by atoms with Gasteiger partial charge in [0.25, 0.3) is 0 Å². The first kappa shape index (κ1) is 15.6. The van der Waals surface area contributed by atoms with E-state index < -0.39 is 0 Å². The van der Waals surface area contributed by atoms with Crippen LogP contribution in [-0.4, -0.2) is 37.3 Å². The summed E-state index contributed by atoms with van der Waals surface area (Å²) in [5, 5.41) is 1.99. The monoisotopic (exact) mass is 349 g/mol. The summed E-state index contributed by atoms with van der Waals surface area (Å²) >= 11 is 1.61. The zero-order valence-corrected chi connectivity index (χ0v) is 14.2. The summed E-state index contributed by atoms with van der Waals surface area (Å²) in [6, 6.07) is 3.96. The lowest BCUT2D eigenvalue weighted by atomic mass is 10.0. The summed E-state index contributed by atoms with van der Waals surface area (Å²) in [5.41, 5.74) is 3.59. The van der Waals surface area contributed by atoms with E-state index in [0.29, 0.717) is 13.1 Å². The van der Waals surface area contributed by atoms with Crippen molar-refractivity contribution >= 4 is 23.3 Å². The second kappa shape index (κ2) is 6.90. The van der Waals surface area contributed by atoms with Crippen LogP contribution in [0.15, 0.2) is 48.6 Å². The lowest BCUT2D eigenvalue weighted by molar-refractivity contribution is -0.126. The number of fused-ring (bicyclic) bond motifs is 1. The molecule has 4 heterocycles. The Balaban J connectivity index is 1.59. The first-order chi connectivity index (χ1) is 12.3. The zero-order valence-electron chi connectivity index (χ0n) is 13.4. The van der Waals surface area contributed by atoms with E-state index in [4.69, 9.17) is 0 Å². The Morgan fingerprint density at radius 3 is 2.88 bits per heavy atom. The maximum absolute atomic E-state index is 12.5. The Morgan fingerprint density at radius 1 is 1.20 bits per heavy atom. The Hall–Kier alpha value is -2.93. The molecule has 0 aromatic carbocycles. The Bertz CT molecular complexity index is 908. The van der Waals surface area contributed by atoms with Crippen LogP contribution in [0.4, 0.5) is 0 Å². The molecule has 0 atom stereocenters. The van der Waals surface area contributed by atoms with Crippen LogP contribution in [0, 0.1) is 0 Å². The summed E-state index contributed by atoms with van der Waals surface area (Å²) < 4.78 is 0. The van der Waals surface area contributed by atoms with Gasteiger partial charge in [-0.1, -0.05) is 6.07 Å². The van der Waals surface area contributed by atoms with E-state index in [2.05, 4.69) is 19.9 Å². The molecule has 7 heteroatoms. The molecule has 0 radical (unpaired) electrons. The van der Waals surface area contributed by atoms with Crippen molar-refractivity contribution in [2.45, 2.75) is 13.0 Å². The first-order valence-corrected chi connectivity index (χ1v) is 8.78. The van der Waals surface area contributed by atoms with Crippen molar-refractivity contribution < 1.29 is 4.79 Å². The van der Waals surface area contributed by atoms with E-state index >= 15 is 0 Å². The van der Waals surface area contributed by atoms with Crippen LogP contribution in [0.1, 0.15) is 16.1 Å². The minimum Gasteiger partial charge on any atom is -0.334 e. The second-order valence-corrected chi connectivity index (χ2v) is 6.61. The topological polar surface area (TPSA) is 71.9 Å². The summed E-state index contributed by atoms with van der Waals surface area (Å²) in [6.45, 7) is 1.15. The van der Waals surface area contributed by atoms with E-state index in [9.17, 15) is 4.79 Å². The Labute approximate surface area is 148 Å². The predicted molar refractivity (Wildman–Crippen MR) is 95.5 cm³/mol. The molecule has 1 amide bonds. The van der Waals surface area contributed by atoms with E-state index in [1.807, 2.05) is 28.5 Å². The maximum atomic E-state index is 12.5. The van der Waals surface area contributed by atoms with Gasteiger partial charge in [-0.2, -0.15) is 0 Å². The van der Waals surface area contributed by atoms with Gasteiger partial charge in [0, 0.05) is 54.0 Å². The molecule has 0 N–H and O–H groups in total. The van der Waals surface area contributed by atoms with E-state index in [1.54, 1.807) is 36.1 Å². The van der Waals surface area contributed by atoms with Crippen LogP contribution in [0.25, 0.3) is 17.3 Å². The van der Waals surface area contributed by atoms with Crippen molar-refractivity contribution in [2.24, 2.45) is 0 Å². The van der Waals surface area contributed by atoms with Gasteiger partial charge in [-0.3, -0.25) is 4.79 Å². The largest absolute Gasteiger partial charge is 0.334 e. The van der Waals surface area contributed by atoms with Gasteiger partial charge in [0.15, 0.2) is 0 Å². The van der Waals surface area contributed by atoms with Gasteiger partial charge in [0.2, 0.25) is 5.91 Å². The summed E-state index contributed by atoms with van der Waals surface area (Å²) in [7, 11) is 0. The van der Waals surface area contributed by atoms with Gasteiger partial charge in [0.1, 0.15) is 12.7 Å². The van der Waals surface area contributed by atoms with Crippen molar-refractivity contribution in [1.82, 2.24) is 24.8 Å². The number of thiophene rings is 1. The lowest BCUT2D eigenvalue weighted by Gasteiger charge is -2.28.